The first-order chi connectivity index (χ1) is 16.3. The molecule has 0 N–H and O–H groups in total. The number of anilines is 1. The largest absolute Gasteiger partial charge is 0.353 e. The van der Waals surface area contributed by atoms with Crippen LogP contribution in [0.5, 0.6) is 0 Å². The molecule has 3 aromatic rings. The van der Waals surface area contributed by atoms with Gasteiger partial charge in [0.2, 0.25) is 0 Å². The van der Waals surface area contributed by atoms with E-state index in [0.29, 0.717) is 38.4 Å². The zero-order valence-electron chi connectivity index (χ0n) is 19.6. The molecule has 0 atom stereocenters. The van der Waals surface area contributed by atoms with Crippen LogP contribution in [0.3, 0.4) is 0 Å². The Morgan fingerprint density at radius 3 is 2.24 bits per heavy atom. The summed E-state index contributed by atoms with van der Waals surface area (Å²) in [4.78, 5) is 38.4. The van der Waals surface area contributed by atoms with E-state index in [1.165, 1.54) is 12.1 Å². The van der Waals surface area contributed by atoms with Crippen LogP contribution in [0, 0.1) is 17.0 Å². The predicted molar refractivity (Wildman–Crippen MR) is 131 cm³/mol. The molecule has 34 heavy (non-hydrogen) atoms. The van der Waals surface area contributed by atoms with E-state index < -0.39 is 4.92 Å². The van der Waals surface area contributed by atoms with Crippen LogP contribution in [0.4, 0.5) is 16.3 Å². The van der Waals surface area contributed by atoms with E-state index in [1.54, 1.807) is 31.1 Å². The number of hydrogen-bond donors (Lipinski definition) is 0. The normalized spacial score (nSPS) is 13.6. The molecule has 0 aliphatic carbocycles. The number of piperazine rings is 1. The zero-order valence-corrected chi connectivity index (χ0v) is 19.6. The molecule has 0 spiro atoms. The summed E-state index contributed by atoms with van der Waals surface area (Å²) in [6, 6.07) is 16.5. The summed E-state index contributed by atoms with van der Waals surface area (Å²) >= 11 is 0. The fourth-order valence-electron chi connectivity index (χ4n) is 4.10. The molecule has 1 saturated heterocycles. The van der Waals surface area contributed by atoms with Gasteiger partial charge in [-0.15, -0.1) is 0 Å². The van der Waals surface area contributed by atoms with Crippen molar-refractivity contribution < 1.29 is 9.72 Å². The van der Waals surface area contributed by atoms with Gasteiger partial charge in [0.1, 0.15) is 5.82 Å². The molecule has 0 bridgehead atoms. The number of urea groups is 1. The van der Waals surface area contributed by atoms with Gasteiger partial charge in [0.05, 0.1) is 4.92 Å². The lowest BCUT2D eigenvalue weighted by Gasteiger charge is -2.37. The summed E-state index contributed by atoms with van der Waals surface area (Å²) in [5.74, 6) is 1.51. The average molecular weight is 461 g/mol. The standard InChI is InChI=1S/C25H28N6O3/c1-18-22(17-19-9-11-21(12-10-19)31(33)34)24(27-23(26-18)20-7-5-4-6-8-20)29-13-15-30(16-14-29)25(32)28(2)3/h4-12H,13-17H2,1-3H3. The van der Waals surface area contributed by atoms with Crippen LogP contribution in [0.25, 0.3) is 11.4 Å². The molecule has 1 aliphatic rings. The molecule has 2 aromatic carbocycles. The number of aryl methyl sites for hydroxylation is 1. The van der Waals surface area contributed by atoms with Crippen molar-refractivity contribution in [1.29, 1.82) is 0 Å². The molecule has 0 radical (unpaired) electrons. The molecular weight excluding hydrogens is 432 g/mol. The van der Waals surface area contributed by atoms with Crippen molar-refractivity contribution in [1.82, 2.24) is 19.8 Å². The highest BCUT2D eigenvalue weighted by molar-refractivity contribution is 5.74. The zero-order chi connectivity index (χ0) is 24.2. The fourth-order valence-corrected chi connectivity index (χ4v) is 4.10. The van der Waals surface area contributed by atoms with E-state index >= 15 is 0 Å². The quantitative estimate of drug-likeness (QED) is 0.425. The monoisotopic (exact) mass is 460 g/mol. The van der Waals surface area contributed by atoms with Crippen molar-refractivity contribution in [3.8, 4) is 11.4 Å². The van der Waals surface area contributed by atoms with Gasteiger partial charge in [0.15, 0.2) is 5.82 Å². The molecular formula is C25H28N6O3. The lowest BCUT2D eigenvalue weighted by atomic mass is 10.0. The molecule has 0 unspecified atom stereocenters. The molecule has 1 fully saturated rings. The highest BCUT2D eigenvalue weighted by Crippen LogP contribution is 2.29. The van der Waals surface area contributed by atoms with Gasteiger partial charge in [-0.1, -0.05) is 42.5 Å². The number of non-ortho nitro benzene ring substituents is 1. The van der Waals surface area contributed by atoms with Gasteiger partial charge < -0.3 is 14.7 Å². The van der Waals surface area contributed by atoms with Crippen molar-refractivity contribution in [3.63, 3.8) is 0 Å². The Bertz CT molecular complexity index is 1170. The smallest absolute Gasteiger partial charge is 0.319 e. The van der Waals surface area contributed by atoms with Gasteiger partial charge in [0.25, 0.3) is 5.69 Å². The minimum Gasteiger partial charge on any atom is -0.353 e. The van der Waals surface area contributed by atoms with E-state index in [-0.39, 0.29) is 11.7 Å². The van der Waals surface area contributed by atoms with Crippen molar-refractivity contribution in [2.45, 2.75) is 13.3 Å². The van der Waals surface area contributed by atoms with Crippen LogP contribution in [-0.4, -0.2) is 71.0 Å². The van der Waals surface area contributed by atoms with Crippen LogP contribution < -0.4 is 4.90 Å². The van der Waals surface area contributed by atoms with E-state index in [9.17, 15) is 14.9 Å². The second-order valence-electron chi connectivity index (χ2n) is 8.55. The molecule has 176 valence electrons. The third-order valence-corrected chi connectivity index (χ3v) is 5.98. The Balaban J connectivity index is 1.68. The molecule has 1 aliphatic heterocycles. The molecule has 2 amide bonds. The third-order valence-electron chi connectivity index (χ3n) is 5.98. The highest BCUT2D eigenvalue weighted by atomic mass is 16.6. The number of carbonyl (C=O) groups is 1. The number of benzene rings is 2. The van der Waals surface area contributed by atoms with Crippen molar-refractivity contribution in [2.75, 3.05) is 45.2 Å². The second kappa shape index (κ2) is 9.86. The summed E-state index contributed by atoms with van der Waals surface area (Å²) < 4.78 is 0. The maximum absolute atomic E-state index is 12.4. The third kappa shape index (κ3) is 4.98. The van der Waals surface area contributed by atoms with Gasteiger partial charge >= 0.3 is 6.03 Å². The van der Waals surface area contributed by atoms with Gasteiger partial charge in [-0.05, 0) is 12.5 Å². The molecule has 0 saturated carbocycles. The van der Waals surface area contributed by atoms with Gasteiger partial charge in [-0.2, -0.15) is 0 Å². The lowest BCUT2D eigenvalue weighted by Crippen LogP contribution is -2.52. The summed E-state index contributed by atoms with van der Waals surface area (Å²) in [5.41, 5.74) is 3.82. The number of amides is 2. The topological polar surface area (TPSA) is 95.7 Å². The summed E-state index contributed by atoms with van der Waals surface area (Å²) in [6.07, 6.45) is 0.561. The number of nitrogens with zero attached hydrogens (tertiary/aromatic N) is 6. The first kappa shape index (κ1) is 23.2. The number of nitro benzene ring substituents is 1. The Morgan fingerprint density at radius 2 is 1.65 bits per heavy atom. The van der Waals surface area contributed by atoms with E-state index in [1.807, 2.05) is 42.2 Å². The van der Waals surface area contributed by atoms with E-state index in [2.05, 4.69) is 4.90 Å². The maximum atomic E-state index is 12.4. The Labute approximate surface area is 198 Å². The van der Waals surface area contributed by atoms with Crippen LogP contribution in [-0.2, 0) is 6.42 Å². The molecule has 1 aromatic heterocycles. The fraction of sp³-hybridized carbons (Fsp3) is 0.320. The highest BCUT2D eigenvalue weighted by Gasteiger charge is 2.26. The Hall–Kier alpha value is -4.01. The van der Waals surface area contributed by atoms with Crippen molar-refractivity contribution in [3.05, 3.63) is 81.5 Å². The summed E-state index contributed by atoms with van der Waals surface area (Å²) in [5, 5.41) is 11.0. The average Bonchev–Trinajstić information content (AvgIpc) is 2.85. The van der Waals surface area contributed by atoms with E-state index in [0.717, 1.165) is 28.2 Å². The van der Waals surface area contributed by atoms with E-state index in [4.69, 9.17) is 9.97 Å². The number of carbonyl (C=O) groups excluding carboxylic acids is 1. The van der Waals surface area contributed by atoms with Crippen molar-refractivity contribution >= 4 is 17.5 Å². The molecule has 9 heteroatoms. The molecule has 4 rings (SSSR count). The minimum atomic E-state index is -0.396. The first-order valence-corrected chi connectivity index (χ1v) is 11.2. The number of nitro groups is 1. The number of hydrogen-bond acceptors (Lipinski definition) is 6. The van der Waals surface area contributed by atoms with Crippen molar-refractivity contribution in [2.24, 2.45) is 0 Å². The van der Waals surface area contributed by atoms with Crippen LogP contribution in [0.15, 0.2) is 54.6 Å². The summed E-state index contributed by atoms with van der Waals surface area (Å²) in [7, 11) is 3.52. The predicted octanol–water partition coefficient (Wildman–Crippen LogP) is 3.75. The number of aromatic nitrogens is 2. The SMILES string of the molecule is Cc1nc(-c2ccccc2)nc(N2CCN(C(=O)N(C)C)CC2)c1Cc1ccc([N+](=O)[O-])cc1. The maximum Gasteiger partial charge on any atom is 0.319 e. The number of rotatable bonds is 5. The molecule has 9 nitrogen and oxygen atoms in total. The second-order valence-corrected chi connectivity index (χ2v) is 8.55. The van der Waals surface area contributed by atoms with Crippen LogP contribution >= 0.6 is 0 Å². The minimum absolute atomic E-state index is 0.00889. The Morgan fingerprint density at radius 1 is 1.00 bits per heavy atom. The summed E-state index contributed by atoms with van der Waals surface area (Å²) in [6.45, 7) is 4.52. The van der Waals surface area contributed by atoms with Gasteiger partial charge in [-0.3, -0.25) is 10.1 Å². The first-order valence-electron chi connectivity index (χ1n) is 11.2. The van der Waals surface area contributed by atoms with Gasteiger partial charge in [-0.25, -0.2) is 14.8 Å². The van der Waals surface area contributed by atoms with Crippen LogP contribution in [0.2, 0.25) is 0 Å². The van der Waals surface area contributed by atoms with Gasteiger partial charge in [0, 0.05) is 75.6 Å². The van der Waals surface area contributed by atoms with Crippen LogP contribution in [0.1, 0.15) is 16.8 Å². The lowest BCUT2D eigenvalue weighted by molar-refractivity contribution is -0.384. The Kier molecular flexibility index (Phi) is 6.72. The molecule has 2 heterocycles.